The number of nitrogens with one attached hydrogen (secondary N) is 1. The van der Waals surface area contributed by atoms with E-state index in [2.05, 4.69) is 63.2 Å². The summed E-state index contributed by atoms with van der Waals surface area (Å²) in [5, 5.41) is 10.6. The standard InChI is InChI=1S/C31H31BrFN3O/c1-2-36(15-3-5-23-20-35-30-13-9-26(32)18-28(23)30)16-4-14-31(25-7-10-27(33)11-8-25)29-12-6-22(19-34)17-24(29)21-37-31/h6-13,17-18,20,35H,2-5,14-16,21H2,1H3. The molecule has 0 bridgehead atoms. The van der Waals surface area contributed by atoms with Crippen LogP contribution in [0.1, 0.15) is 54.0 Å². The zero-order chi connectivity index (χ0) is 25.8. The third kappa shape index (κ3) is 5.36. The molecule has 37 heavy (non-hydrogen) atoms. The van der Waals surface area contributed by atoms with Crippen LogP contribution in [0.25, 0.3) is 10.9 Å². The molecule has 1 aliphatic heterocycles. The fraction of sp³-hybridized carbons (Fsp3) is 0.323. The maximum Gasteiger partial charge on any atom is 0.123 e. The van der Waals surface area contributed by atoms with Crippen molar-refractivity contribution in [1.82, 2.24) is 9.88 Å². The van der Waals surface area contributed by atoms with Gasteiger partial charge in [-0.25, -0.2) is 4.39 Å². The van der Waals surface area contributed by atoms with Crippen molar-refractivity contribution in [2.45, 2.75) is 44.8 Å². The van der Waals surface area contributed by atoms with E-state index in [-0.39, 0.29) is 5.82 Å². The van der Waals surface area contributed by atoms with E-state index in [1.54, 1.807) is 0 Å². The predicted molar refractivity (Wildman–Crippen MR) is 149 cm³/mol. The summed E-state index contributed by atoms with van der Waals surface area (Å²) >= 11 is 3.59. The van der Waals surface area contributed by atoms with Crippen molar-refractivity contribution in [3.8, 4) is 6.07 Å². The highest BCUT2D eigenvalue weighted by Gasteiger charge is 2.41. The summed E-state index contributed by atoms with van der Waals surface area (Å²) in [6.07, 6.45) is 6.00. The van der Waals surface area contributed by atoms with Gasteiger partial charge in [0.05, 0.1) is 18.2 Å². The minimum atomic E-state index is -0.617. The molecule has 1 atom stereocenters. The first-order valence-corrected chi connectivity index (χ1v) is 13.7. The highest BCUT2D eigenvalue weighted by Crippen LogP contribution is 2.45. The van der Waals surface area contributed by atoms with Crippen LogP contribution >= 0.6 is 15.9 Å². The smallest absolute Gasteiger partial charge is 0.123 e. The van der Waals surface area contributed by atoms with Crippen molar-refractivity contribution < 1.29 is 9.13 Å². The van der Waals surface area contributed by atoms with Crippen LogP contribution in [0, 0.1) is 17.1 Å². The summed E-state index contributed by atoms with van der Waals surface area (Å²) in [5.74, 6) is -0.253. The summed E-state index contributed by atoms with van der Waals surface area (Å²) in [6, 6.07) is 21.1. The fourth-order valence-corrected chi connectivity index (χ4v) is 5.96. The first kappa shape index (κ1) is 25.7. The second-order valence-corrected chi connectivity index (χ2v) is 10.7. The lowest BCUT2D eigenvalue weighted by Gasteiger charge is -2.32. The molecule has 6 heteroatoms. The van der Waals surface area contributed by atoms with Crippen LogP contribution < -0.4 is 0 Å². The monoisotopic (exact) mass is 559 g/mol. The van der Waals surface area contributed by atoms with Crippen molar-refractivity contribution >= 4 is 26.8 Å². The number of nitrogens with zero attached hydrogens (tertiary/aromatic N) is 2. The van der Waals surface area contributed by atoms with E-state index < -0.39 is 5.60 Å². The lowest BCUT2D eigenvalue weighted by molar-refractivity contribution is -0.0145. The SMILES string of the molecule is CCN(CCCc1c[nH]c2ccc(Br)cc12)CCCC1(c2ccc(F)cc2)OCc2cc(C#N)ccc21. The van der Waals surface area contributed by atoms with Gasteiger partial charge in [-0.15, -0.1) is 0 Å². The van der Waals surface area contributed by atoms with Crippen molar-refractivity contribution in [2.75, 3.05) is 19.6 Å². The Kier molecular flexibility index (Phi) is 7.76. The van der Waals surface area contributed by atoms with Crippen molar-refractivity contribution in [3.05, 3.63) is 105 Å². The molecule has 1 unspecified atom stereocenters. The number of nitriles is 1. The summed E-state index contributed by atoms with van der Waals surface area (Å²) in [6.45, 7) is 5.66. The molecule has 0 saturated carbocycles. The number of hydrogen-bond donors (Lipinski definition) is 1. The van der Waals surface area contributed by atoms with Gasteiger partial charge in [-0.3, -0.25) is 0 Å². The molecule has 4 aromatic rings. The van der Waals surface area contributed by atoms with Crippen molar-refractivity contribution in [2.24, 2.45) is 0 Å². The minimum absolute atomic E-state index is 0.253. The highest BCUT2D eigenvalue weighted by molar-refractivity contribution is 9.10. The second-order valence-electron chi connectivity index (χ2n) is 9.75. The average Bonchev–Trinajstić information content (AvgIpc) is 3.49. The second kappa shape index (κ2) is 11.2. The van der Waals surface area contributed by atoms with Gasteiger partial charge < -0.3 is 14.6 Å². The van der Waals surface area contributed by atoms with Gasteiger partial charge in [0.2, 0.25) is 0 Å². The molecular formula is C31H31BrFN3O. The van der Waals surface area contributed by atoms with Gasteiger partial charge in [-0.1, -0.05) is 41.1 Å². The molecule has 0 spiro atoms. The number of aromatic amines is 1. The lowest BCUT2D eigenvalue weighted by Crippen LogP contribution is -2.31. The summed E-state index contributed by atoms with van der Waals surface area (Å²) < 4.78 is 21.3. The molecule has 1 aromatic heterocycles. The molecule has 0 radical (unpaired) electrons. The van der Waals surface area contributed by atoms with Crippen LogP contribution in [0.2, 0.25) is 0 Å². The maximum atomic E-state index is 13.7. The first-order valence-electron chi connectivity index (χ1n) is 12.9. The molecule has 1 aliphatic rings. The number of halogens is 2. The molecular weight excluding hydrogens is 529 g/mol. The number of ether oxygens (including phenoxy) is 1. The van der Waals surface area contributed by atoms with Gasteiger partial charge in [-0.2, -0.15) is 5.26 Å². The van der Waals surface area contributed by atoms with Gasteiger partial charge in [0.25, 0.3) is 0 Å². The Morgan fingerprint density at radius 2 is 1.89 bits per heavy atom. The van der Waals surface area contributed by atoms with Crippen LogP contribution in [0.4, 0.5) is 4.39 Å². The Hall–Kier alpha value is -2.98. The number of H-pyrrole nitrogens is 1. The van der Waals surface area contributed by atoms with Gasteiger partial charge in [0, 0.05) is 21.6 Å². The largest absolute Gasteiger partial charge is 0.361 e. The molecule has 5 rings (SSSR count). The molecule has 4 nitrogen and oxygen atoms in total. The number of benzene rings is 3. The van der Waals surface area contributed by atoms with Gasteiger partial charge in [-0.05, 0) is 110 Å². The third-order valence-corrected chi connectivity index (χ3v) is 8.05. The molecule has 0 saturated heterocycles. The van der Waals surface area contributed by atoms with Gasteiger partial charge in [0.15, 0.2) is 0 Å². The maximum absolute atomic E-state index is 13.7. The molecule has 190 valence electrons. The van der Waals surface area contributed by atoms with E-state index in [9.17, 15) is 9.65 Å². The van der Waals surface area contributed by atoms with E-state index in [1.807, 2.05) is 30.3 Å². The normalized spacial score (nSPS) is 16.8. The van der Waals surface area contributed by atoms with E-state index in [1.165, 1.54) is 28.6 Å². The molecule has 0 amide bonds. The minimum Gasteiger partial charge on any atom is -0.361 e. The van der Waals surface area contributed by atoms with Crippen molar-refractivity contribution in [3.63, 3.8) is 0 Å². The van der Waals surface area contributed by atoms with Crippen LogP contribution in [0.3, 0.4) is 0 Å². The van der Waals surface area contributed by atoms with Crippen LogP contribution in [0.5, 0.6) is 0 Å². The predicted octanol–water partition coefficient (Wildman–Crippen LogP) is 7.45. The molecule has 0 aliphatic carbocycles. The summed E-state index contributed by atoms with van der Waals surface area (Å²) in [5.41, 5.74) is 5.65. The van der Waals surface area contributed by atoms with Crippen LogP contribution in [-0.2, 0) is 23.4 Å². The van der Waals surface area contributed by atoms with Gasteiger partial charge >= 0.3 is 0 Å². The zero-order valence-electron chi connectivity index (χ0n) is 21.1. The Morgan fingerprint density at radius 3 is 2.68 bits per heavy atom. The summed E-state index contributed by atoms with van der Waals surface area (Å²) in [7, 11) is 0. The first-order chi connectivity index (χ1) is 18.0. The number of aryl methyl sites for hydroxylation is 1. The molecule has 2 heterocycles. The van der Waals surface area contributed by atoms with Crippen LogP contribution in [0.15, 0.2) is 71.3 Å². The number of hydrogen-bond acceptors (Lipinski definition) is 3. The fourth-order valence-electron chi connectivity index (χ4n) is 5.59. The Morgan fingerprint density at radius 1 is 1.08 bits per heavy atom. The molecule has 3 aromatic carbocycles. The van der Waals surface area contributed by atoms with E-state index in [4.69, 9.17) is 4.74 Å². The third-order valence-electron chi connectivity index (χ3n) is 7.55. The van der Waals surface area contributed by atoms with Gasteiger partial charge in [0.1, 0.15) is 11.4 Å². The average molecular weight is 561 g/mol. The van der Waals surface area contributed by atoms with E-state index in [0.29, 0.717) is 12.2 Å². The lowest BCUT2D eigenvalue weighted by atomic mass is 9.81. The zero-order valence-corrected chi connectivity index (χ0v) is 22.7. The molecule has 0 fully saturated rings. The summed E-state index contributed by atoms with van der Waals surface area (Å²) in [4.78, 5) is 5.88. The van der Waals surface area contributed by atoms with Crippen LogP contribution in [-0.4, -0.2) is 29.5 Å². The van der Waals surface area contributed by atoms with E-state index >= 15 is 0 Å². The highest BCUT2D eigenvalue weighted by atomic mass is 79.9. The quantitative estimate of drug-likeness (QED) is 0.219. The number of fused-ring (bicyclic) bond motifs is 2. The van der Waals surface area contributed by atoms with E-state index in [0.717, 1.165) is 66.5 Å². The number of aromatic nitrogens is 1. The topological polar surface area (TPSA) is 52.0 Å². The Bertz CT molecular complexity index is 1420. The number of rotatable bonds is 10. The molecule has 1 N–H and O–H groups in total. The Balaban J connectivity index is 1.25. The van der Waals surface area contributed by atoms with Crippen molar-refractivity contribution in [1.29, 1.82) is 5.26 Å². The Labute approximate surface area is 226 Å².